The van der Waals surface area contributed by atoms with Crippen molar-refractivity contribution in [3.8, 4) is 17.2 Å². The van der Waals surface area contributed by atoms with E-state index in [9.17, 15) is 8.42 Å². The van der Waals surface area contributed by atoms with Gasteiger partial charge in [0.15, 0.2) is 0 Å². The monoisotopic (exact) mass is 401 g/mol. The van der Waals surface area contributed by atoms with Crippen molar-refractivity contribution < 1.29 is 13.2 Å². The van der Waals surface area contributed by atoms with Crippen LogP contribution in [0.3, 0.4) is 0 Å². The number of nitrogens with zero attached hydrogens (tertiary/aromatic N) is 1. The van der Waals surface area contributed by atoms with Crippen molar-refractivity contribution in [2.75, 3.05) is 20.7 Å². The molecule has 0 radical (unpaired) electrons. The Morgan fingerprint density at radius 1 is 1.04 bits per heavy atom. The Balaban J connectivity index is 2.34. The summed E-state index contributed by atoms with van der Waals surface area (Å²) in [6, 6.07) is 16.1. The maximum atomic E-state index is 12.9. The Morgan fingerprint density at radius 2 is 1.63 bits per heavy atom. The predicted molar refractivity (Wildman–Crippen MR) is 113 cm³/mol. The average molecular weight is 402 g/mol. The van der Waals surface area contributed by atoms with Crippen molar-refractivity contribution in [1.29, 1.82) is 0 Å². The van der Waals surface area contributed by atoms with Gasteiger partial charge in [-0.15, -0.1) is 11.5 Å². The summed E-state index contributed by atoms with van der Waals surface area (Å²) >= 11 is 0. The number of hydrogen-bond donors (Lipinski definition) is 0. The summed E-state index contributed by atoms with van der Waals surface area (Å²) in [5.41, 5.74) is 4.36. The van der Waals surface area contributed by atoms with E-state index in [0.29, 0.717) is 11.4 Å². The fraction of sp³-hybridized carbons (Fsp3) is 0.333. The molecule has 2 rings (SSSR count). The first-order valence-electron chi connectivity index (χ1n) is 8.81. The molecule has 0 unspecified atom stereocenters. The zero-order valence-electron chi connectivity index (χ0n) is 16.6. The lowest BCUT2D eigenvalue weighted by Gasteiger charge is -2.22. The molecule has 0 N–H and O–H groups in total. The van der Waals surface area contributed by atoms with Crippen molar-refractivity contribution in [2.24, 2.45) is 0 Å². The van der Waals surface area contributed by atoms with Crippen LogP contribution in [0, 0.1) is 11.5 Å². The highest BCUT2D eigenvalue weighted by Gasteiger charge is 2.24. The summed E-state index contributed by atoms with van der Waals surface area (Å²) in [6.07, 6.45) is 0. The summed E-state index contributed by atoms with van der Waals surface area (Å²) in [7, 11) is -1.91. The molecule has 1 atom stereocenters. The summed E-state index contributed by atoms with van der Waals surface area (Å²) in [4.78, 5) is 0.291. The van der Waals surface area contributed by atoms with Crippen LogP contribution in [0.4, 0.5) is 0 Å². The molecule has 0 heterocycles. The van der Waals surface area contributed by atoms with E-state index in [1.807, 2.05) is 24.3 Å². The zero-order chi connectivity index (χ0) is 20.1. The van der Waals surface area contributed by atoms with Gasteiger partial charge in [0.2, 0.25) is 10.0 Å². The van der Waals surface area contributed by atoms with Gasteiger partial charge in [0.25, 0.3) is 0 Å². The van der Waals surface area contributed by atoms with Crippen LogP contribution >= 0.6 is 0 Å². The highest BCUT2D eigenvalue weighted by Crippen LogP contribution is 2.23. The van der Waals surface area contributed by atoms with Gasteiger partial charge in [-0.2, -0.15) is 4.31 Å². The van der Waals surface area contributed by atoms with Crippen LogP contribution in [-0.2, 0) is 10.0 Å². The van der Waals surface area contributed by atoms with Gasteiger partial charge in [0.1, 0.15) is 13.8 Å². The molecule has 2 aromatic carbocycles. The van der Waals surface area contributed by atoms with Gasteiger partial charge in [-0.3, -0.25) is 0 Å². The van der Waals surface area contributed by atoms with Gasteiger partial charge < -0.3 is 4.74 Å². The fourth-order valence-corrected chi connectivity index (χ4v) is 4.32. The molecule has 27 heavy (non-hydrogen) atoms. The van der Waals surface area contributed by atoms with Crippen molar-refractivity contribution >= 4 is 18.1 Å². The molecule has 0 aliphatic carbocycles. The smallest absolute Gasteiger partial charge is 0.242 e. The maximum Gasteiger partial charge on any atom is 0.242 e. The third-order valence-corrected chi connectivity index (χ3v) is 6.76. The highest BCUT2D eigenvalue weighted by molar-refractivity contribution is 7.89. The molecular formula is C21H27NO3SSi. The van der Waals surface area contributed by atoms with Gasteiger partial charge in [0.05, 0.1) is 17.9 Å². The van der Waals surface area contributed by atoms with Crippen LogP contribution in [0.15, 0.2) is 59.5 Å². The Bertz CT molecular complexity index is 908. The van der Waals surface area contributed by atoms with E-state index in [1.165, 1.54) is 4.31 Å². The second kappa shape index (κ2) is 8.74. The lowest BCUT2D eigenvalue weighted by Crippen LogP contribution is -2.31. The minimum Gasteiger partial charge on any atom is -0.497 e. The minimum absolute atomic E-state index is 0.203. The molecular weight excluding hydrogens is 374 g/mol. The molecule has 2 aromatic rings. The largest absolute Gasteiger partial charge is 0.497 e. The summed E-state index contributed by atoms with van der Waals surface area (Å²) in [6.45, 7) is 6.82. The predicted octanol–water partition coefficient (Wildman–Crippen LogP) is 3.98. The molecule has 144 valence electrons. The summed E-state index contributed by atoms with van der Waals surface area (Å²) < 4.78 is 32.3. The lowest BCUT2D eigenvalue weighted by atomic mass is 10.00. The molecule has 0 spiro atoms. The van der Waals surface area contributed by atoms with E-state index in [0.717, 1.165) is 11.3 Å². The van der Waals surface area contributed by atoms with Crippen LogP contribution in [0.2, 0.25) is 19.6 Å². The molecule has 0 aliphatic rings. The Labute approximate surface area is 164 Å². The zero-order valence-corrected chi connectivity index (χ0v) is 18.4. The van der Waals surface area contributed by atoms with E-state index < -0.39 is 18.1 Å². The quantitative estimate of drug-likeness (QED) is 0.543. The van der Waals surface area contributed by atoms with Crippen LogP contribution < -0.4 is 4.74 Å². The summed E-state index contributed by atoms with van der Waals surface area (Å²) in [5, 5.41) is 0. The van der Waals surface area contributed by atoms with E-state index in [1.54, 1.807) is 44.5 Å². The van der Waals surface area contributed by atoms with Gasteiger partial charge >= 0.3 is 0 Å². The molecule has 0 aliphatic heterocycles. The van der Waals surface area contributed by atoms with Crippen LogP contribution in [0.5, 0.6) is 5.75 Å². The molecule has 0 saturated heterocycles. The molecule has 0 saturated carbocycles. The number of benzene rings is 2. The van der Waals surface area contributed by atoms with Crippen molar-refractivity contribution in [2.45, 2.75) is 30.5 Å². The standard InChI is InChI=1S/C21H27NO3SSi/c1-22(26(23,24)21-9-7-6-8-10-21)17-19(15-16-27(3,4)5)18-11-13-20(25-2)14-12-18/h6-14,19H,17H2,1-5H3/t19-/m0/s1. The molecule has 4 nitrogen and oxygen atoms in total. The van der Waals surface area contributed by atoms with Crippen molar-refractivity contribution in [1.82, 2.24) is 4.31 Å². The van der Waals surface area contributed by atoms with E-state index in [-0.39, 0.29) is 5.92 Å². The SMILES string of the molecule is COc1ccc([C@@H](C#C[Si](C)(C)C)CN(C)S(=O)(=O)c2ccccc2)cc1. The van der Waals surface area contributed by atoms with E-state index >= 15 is 0 Å². The number of likely N-dealkylation sites (N-methyl/N-ethyl adjacent to an activating group) is 1. The second-order valence-corrected chi connectivity index (χ2v) is 14.2. The normalized spacial score (nSPS) is 13.0. The number of rotatable bonds is 6. The van der Waals surface area contributed by atoms with Gasteiger partial charge in [-0.1, -0.05) is 50.0 Å². The van der Waals surface area contributed by atoms with Gasteiger partial charge in [-0.25, -0.2) is 8.42 Å². The summed E-state index contributed by atoms with van der Waals surface area (Å²) in [5.74, 6) is 3.89. The topological polar surface area (TPSA) is 46.6 Å². The Morgan fingerprint density at radius 3 is 2.15 bits per heavy atom. The van der Waals surface area contributed by atoms with Gasteiger partial charge in [0, 0.05) is 13.6 Å². The van der Waals surface area contributed by atoms with E-state index in [2.05, 4.69) is 31.1 Å². The van der Waals surface area contributed by atoms with Crippen molar-refractivity contribution in [3.63, 3.8) is 0 Å². The van der Waals surface area contributed by atoms with Crippen LogP contribution in [0.1, 0.15) is 11.5 Å². The lowest BCUT2D eigenvalue weighted by molar-refractivity contribution is 0.414. The molecule has 6 heteroatoms. The first kappa shape index (κ1) is 21.2. The fourth-order valence-electron chi connectivity index (χ4n) is 2.50. The molecule has 0 fully saturated rings. The van der Waals surface area contributed by atoms with Gasteiger partial charge in [-0.05, 0) is 29.8 Å². The Kier molecular flexibility index (Phi) is 6.87. The van der Waals surface area contributed by atoms with Crippen LogP contribution in [-0.4, -0.2) is 41.5 Å². The Hall–Kier alpha value is -2.07. The van der Waals surface area contributed by atoms with Crippen LogP contribution in [0.25, 0.3) is 0 Å². The first-order valence-corrected chi connectivity index (χ1v) is 13.8. The number of methoxy groups -OCH3 is 1. The van der Waals surface area contributed by atoms with E-state index in [4.69, 9.17) is 4.74 Å². The first-order chi connectivity index (χ1) is 12.6. The molecule has 0 bridgehead atoms. The molecule has 0 aromatic heterocycles. The maximum absolute atomic E-state index is 12.9. The highest BCUT2D eigenvalue weighted by atomic mass is 32.2. The number of ether oxygens (including phenoxy) is 1. The number of sulfonamides is 1. The van der Waals surface area contributed by atoms with Crippen molar-refractivity contribution in [3.05, 3.63) is 60.2 Å². The second-order valence-electron chi connectivity index (χ2n) is 7.44. The third kappa shape index (κ3) is 5.96. The third-order valence-electron chi connectivity index (χ3n) is 4.03. The number of hydrogen-bond acceptors (Lipinski definition) is 3. The molecule has 0 amide bonds. The average Bonchev–Trinajstić information content (AvgIpc) is 2.65. The minimum atomic E-state index is -3.56.